The van der Waals surface area contributed by atoms with E-state index in [1.807, 2.05) is 24.3 Å². The van der Waals surface area contributed by atoms with Gasteiger partial charge in [0.15, 0.2) is 0 Å². The lowest BCUT2D eigenvalue weighted by atomic mass is 10.2. The minimum absolute atomic E-state index is 0.00801. The molecule has 0 radical (unpaired) electrons. The second kappa shape index (κ2) is 6.22. The molecule has 3 rings (SSSR count). The molecule has 1 saturated heterocycles. The van der Waals surface area contributed by atoms with Gasteiger partial charge >= 0.3 is 0 Å². The van der Waals surface area contributed by atoms with Crippen molar-refractivity contribution in [3.8, 4) is 11.9 Å². The molecule has 1 aliphatic rings. The maximum atomic E-state index is 12.4. The van der Waals surface area contributed by atoms with E-state index in [-0.39, 0.29) is 23.6 Å². The summed E-state index contributed by atoms with van der Waals surface area (Å²) < 4.78 is 5.72. The average molecular weight is 294 g/mol. The van der Waals surface area contributed by atoms with Gasteiger partial charge in [0, 0.05) is 30.9 Å². The van der Waals surface area contributed by atoms with Crippen molar-refractivity contribution in [2.45, 2.75) is 12.5 Å². The van der Waals surface area contributed by atoms with Crippen molar-refractivity contribution in [2.75, 3.05) is 13.1 Å². The number of ether oxygens (including phenoxy) is 1. The molecule has 1 atom stereocenters. The van der Waals surface area contributed by atoms with Gasteiger partial charge in [-0.1, -0.05) is 18.2 Å². The fourth-order valence-corrected chi connectivity index (χ4v) is 2.42. The highest BCUT2D eigenvalue weighted by molar-refractivity contribution is 5.94. The minimum Gasteiger partial charge on any atom is -0.470 e. The number of hydrogen-bond donors (Lipinski definition) is 0. The topological polar surface area (TPSA) is 79.1 Å². The molecular formula is C16H14N4O2. The van der Waals surface area contributed by atoms with Crippen LogP contribution in [0.15, 0.2) is 42.7 Å². The summed E-state index contributed by atoms with van der Waals surface area (Å²) in [5.41, 5.74) is 0.829. The summed E-state index contributed by atoms with van der Waals surface area (Å²) in [5.74, 6) is 0.218. The number of rotatable bonds is 3. The van der Waals surface area contributed by atoms with Crippen LogP contribution in [0.2, 0.25) is 0 Å². The lowest BCUT2D eigenvalue weighted by Gasteiger charge is -2.17. The summed E-state index contributed by atoms with van der Waals surface area (Å²) in [4.78, 5) is 22.1. The number of benzene rings is 1. The second-order valence-electron chi connectivity index (χ2n) is 4.97. The average Bonchev–Trinajstić information content (AvgIpc) is 3.04. The van der Waals surface area contributed by atoms with Crippen LogP contribution < -0.4 is 4.74 Å². The zero-order valence-corrected chi connectivity index (χ0v) is 11.8. The first kappa shape index (κ1) is 14.0. The Morgan fingerprint density at radius 1 is 1.27 bits per heavy atom. The molecule has 1 aromatic carbocycles. The molecule has 0 saturated carbocycles. The van der Waals surface area contributed by atoms with E-state index in [4.69, 9.17) is 10.00 Å². The van der Waals surface area contributed by atoms with Gasteiger partial charge in [-0.2, -0.15) is 5.26 Å². The van der Waals surface area contributed by atoms with E-state index in [2.05, 4.69) is 9.97 Å². The van der Waals surface area contributed by atoms with Crippen molar-refractivity contribution in [3.63, 3.8) is 0 Å². The first-order chi connectivity index (χ1) is 10.8. The standard InChI is InChI=1S/C16H14N4O2/c17-10-14-15(19-8-7-18-14)22-13-6-9-20(11-13)16(21)12-4-2-1-3-5-12/h1-5,7-8,13H,6,9,11H2/t13-/m0/s1. The van der Waals surface area contributed by atoms with Gasteiger partial charge < -0.3 is 9.64 Å². The van der Waals surface area contributed by atoms with Crippen LogP contribution in [0.3, 0.4) is 0 Å². The van der Waals surface area contributed by atoms with Crippen molar-refractivity contribution in [1.29, 1.82) is 5.26 Å². The van der Waals surface area contributed by atoms with Crippen LogP contribution in [-0.2, 0) is 0 Å². The second-order valence-corrected chi connectivity index (χ2v) is 4.97. The van der Waals surface area contributed by atoms with Gasteiger partial charge in [-0.3, -0.25) is 4.79 Å². The SMILES string of the molecule is N#Cc1nccnc1O[C@H]1CCN(C(=O)c2ccccc2)C1. The van der Waals surface area contributed by atoms with Gasteiger partial charge in [0.1, 0.15) is 12.2 Å². The molecule has 22 heavy (non-hydrogen) atoms. The molecule has 6 nitrogen and oxygen atoms in total. The fraction of sp³-hybridized carbons (Fsp3) is 0.250. The Labute approximate surface area is 128 Å². The first-order valence-electron chi connectivity index (χ1n) is 7.00. The molecule has 0 bridgehead atoms. The summed E-state index contributed by atoms with van der Waals surface area (Å²) in [7, 11) is 0. The van der Waals surface area contributed by atoms with Crippen LogP contribution in [0.25, 0.3) is 0 Å². The van der Waals surface area contributed by atoms with Crippen LogP contribution in [0.5, 0.6) is 5.88 Å². The van der Waals surface area contributed by atoms with E-state index in [1.54, 1.807) is 17.0 Å². The zero-order chi connectivity index (χ0) is 15.4. The predicted molar refractivity (Wildman–Crippen MR) is 78.1 cm³/mol. The van der Waals surface area contributed by atoms with Crippen molar-refractivity contribution >= 4 is 5.91 Å². The summed E-state index contributed by atoms with van der Waals surface area (Å²) in [5, 5.41) is 8.98. The Morgan fingerprint density at radius 3 is 2.82 bits per heavy atom. The van der Waals surface area contributed by atoms with Gasteiger partial charge in [-0.15, -0.1) is 0 Å². The van der Waals surface area contributed by atoms with E-state index >= 15 is 0 Å². The number of likely N-dealkylation sites (tertiary alicyclic amines) is 1. The number of nitriles is 1. The highest BCUT2D eigenvalue weighted by atomic mass is 16.5. The van der Waals surface area contributed by atoms with Gasteiger partial charge in [-0.25, -0.2) is 9.97 Å². The molecule has 0 unspecified atom stereocenters. The minimum atomic E-state index is -0.170. The fourth-order valence-electron chi connectivity index (χ4n) is 2.42. The molecular weight excluding hydrogens is 280 g/mol. The van der Waals surface area contributed by atoms with Gasteiger partial charge in [0.05, 0.1) is 6.54 Å². The lowest BCUT2D eigenvalue weighted by molar-refractivity contribution is 0.0771. The Kier molecular flexibility index (Phi) is 3.97. The molecule has 0 aliphatic carbocycles. The number of hydrogen-bond acceptors (Lipinski definition) is 5. The third kappa shape index (κ3) is 2.88. The maximum Gasteiger partial charge on any atom is 0.253 e. The van der Waals surface area contributed by atoms with E-state index < -0.39 is 0 Å². The van der Waals surface area contributed by atoms with Crippen molar-refractivity contribution < 1.29 is 9.53 Å². The molecule has 0 N–H and O–H groups in total. The molecule has 2 heterocycles. The molecule has 1 amide bonds. The van der Waals surface area contributed by atoms with Crippen LogP contribution >= 0.6 is 0 Å². The van der Waals surface area contributed by atoms with Gasteiger partial charge in [0.25, 0.3) is 11.8 Å². The molecule has 2 aromatic rings. The maximum absolute atomic E-state index is 12.4. The van der Waals surface area contributed by atoms with E-state index in [0.29, 0.717) is 25.1 Å². The van der Waals surface area contributed by atoms with Crippen molar-refractivity contribution in [1.82, 2.24) is 14.9 Å². The first-order valence-corrected chi connectivity index (χ1v) is 7.00. The third-order valence-corrected chi connectivity index (χ3v) is 3.50. The highest BCUT2D eigenvalue weighted by Crippen LogP contribution is 2.19. The highest BCUT2D eigenvalue weighted by Gasteiger charge is 2.29. The number of carbonyl (C=O) groups excluding carboxylic acids is 1. The Hall–Kier alpha value is -2.94. The largest absolute Gasteiger partial charge is 0.470 e. The smallest absolute Gasteiger partial charge is 0.253 e. The van der Waals surface area contributed by atoms with Crippen LogP contribution in [-0.4, -0.2) is 40.0 Å². The Morgan fingerprint density at radius 2 is 2.05 bits per heavy atom. The number of aromatic nitrogens is 2. The van der Waals surface area contributed by atoms with Gasteiger partial charge in [-0.05, 0) is 12.1 Å². The summed E-state index contributed by atoms with van der Waals surface area (Å²) >= 11 is 0. The molecule has 1 fully saturated rings. The van der Waals surface area contributed by atoms with Crippen LogP contribution in [0.4, 0.5) is 0 Å². The van der Waals surface area contributed by atoms with Crippen molar-refractivity contribution in [3.05, 3.63) is 54.0 Å². The Balaban J connectivity index is 1.66. The molecule has 6 heteroatoms. The summed E-state index contributed by atoms with van der Waals surface area (Å²) in [6, 6.07) is 11.1. The molecule has 0 spiro atoms. The summed E-state index contributed by atoms with van der Waals surface area (Å²) in [6.07, 6.45) is 3.47. The molecule has 110 valence electrons. The van der Waals surface area contributed by atoms with E-state index in [9.17, 15) is 4.79 Å². The van der Waals surface area contributed by atoms with Crippen LogP contribution in [0.1, 0.15) is 22.5 Å². The van der Waals surface area contributed by atoms with E-state index in [0.717, 1.165) is 0 Å². The summed E-state index contributed by atoms with van der Waals surface area (Å²) in [6.45, 7) is 1.11. The Bertz CT molecular complexity index is 712. The zero-order valence-electron chi connectivity index (χ0n) is 11.8. The number of amides is 1. The van der Waals surface area contributed by atoms with E-state index in [1.165, 1.54) is 12.4 Å². The number of nitrogens with zero attached hydrogens (tertiary/aromatic N) is 4. The number of carbonyl (C=O) groups is 1. The molecule has 1 aliphatic heterocycles. The van der Waals surface area contributed by atoms with Crippen molar-refractivity contribution in [2.24, 2.45) is 0 Å². The third-order valence-electron chi connectivity index (χ3n) is 3.50. The monoisotopic (exact) mass is 294 g/mol. The predicted octanol–water partition coefficient (Wildman–Crippen LogP) is 1.64. The lowest BCUT2D eigenvalue weighted by Crippen LogP contribution is -2.31. The van der Waals surface area contributed by atoms with Gasteiger partial charge in [0.2, 0.25) is 5.69 Å². The molecule has 1 aromatic heterocycles. The van der Waals surface area contributed by atoms with Crippen LogP contribution in [0, 0.1) is 11.3 Å². The normalized spacial score (nSPS) is 17.0. The quantitative estimate of drug-likeness (QED) is 0.860.